The third kappa shape index (κ3) is 2.77. The zero-order valence-electron chi connectivity index (χ0n) is 15.5. The van der Waals surface area contributed by atoms with Crippen molar-refractivity contribution in [2.75, 3.05) is 28.4 Å². The Kier molecular flexibility index (Phi) is 4.83. The second kappa shape index (κ2) is 7.10. The summed E-state index contributed by atoms with van der Waals surface area (Å²) in [6, 6.07) is 3.69. The van der Waals surface area contributed by atoms with Crippen LogP contribution in [0.2, 0.25) is 0 Å². The summed E-state index contributed by atoms with van der Waals surface area (Å²) in [6.07, 6.45) is 0. The Morgan fingerprint density at radius 3 is 2.00 bits per heavy atom. The minimum Gasteiger partial charge on any atom is -0.507 e. The van der Waals surface area contributed by atoms with Gasteiger partial charge in [0.05, 0.1) is 34.0 Å². The van der Waals surface area contributed by atoms with Crippen molar-refractivity contribution in [3.05, 3.63) is 28.4 Å². The number of hydrogen-bond acceptors (Lipinski definition) is 9. The molecule has 9 heteroatoms. The van der Waals surface area contributed by atoms with E-state index in [4.69, 9.17) is 23.4 Å². The Hall–Kier alpha value is -3.75. The van der Waals surface area contributed by atoms with E-state index in [0.717, 1.165) is 0 Å². The molecular weight excluding hydrogens is 372 g/mol. The lowest BCUT2D eigenvalue weighted by Gasteiger charge is -2.15. The topological polar surface area (TPSA) is 128 Å². The summed E-state index contributed by atoms with van der Waals surface area (Å²) in [5.41, 5.74) is -0.749. The van der Waals surface area contributed by atoms with Gasteiger partial charge in [0.2, 0.25) is 16.9 Å². The monoisotopic (exact) mass is 390 g/mol. The number of hydrogen-bond donors (Lipinski definition) is 3. The van der Waals surface area contributed by atoms with Gasteiger partial charge in [-0.1, -0.05) is 0 Å². The van der Waals surface area contributed by atoms with E-state index in [1.54, 1.807) is 0 Å². The van der Waals surface area contributed by atoms with E-state index in [9.17, 15) is 20.1 Å². The number of phenols is 3. The van der Waals surface area contributed by atoms with E-state index >= 15 is 0 Å². The summed E-state index contributed by atoms with van der Waals surface area (Å²) >= 11 is 0. The van der Waals surface area contributed by atoms with Crippen molar-refractivity contribution in [2.24, 2.45) is 0 Å². The lowest BCUT2D eigenvalue weighted by Crippen LogP contribution is -2.08. The molecule has 0 saturated carbocycles. The molecule has 0 aliphatic rings. The Bertz CT molecular complexity index is 1120. The fourth-order valence-electron chi connectivity index (χ4n) is 2.89. The predicted octanol–water partition coefficient (Wildman–Crippen LogP) is 2.61. The van der Waals surface area contributed by atoms with E-state index < -0.39 is 11.2 Å². The molecule has 28 heavy (non-hydrogen) atoms. The fraction of sp³-hybridized carbons (Fsp3) is 0.211. The summed E-state index contributed by atoms with van der Waals surface area (Å²) in [7, 11) is 5.24. The molecule has 148 valence electrons. The Labute approximate surface area is 158 Å². The normalized spacial score (nSPS) is 10.7. The zero-order valence-corrected chi connectivity index (χ0v) is 15.5. The molecule has 0 fully saturated rings. The quantitative estimate of drug-likeness (QED) is 0.563. The number of rotatable bonds is 5. The van der Waals surface area contributed by atoms with Crippen LogP contribution in [-0.2, 0) is 0 Å². The first kappa shape index (κ1) is 19.0. The first-order valence-corrected chi connectivity index (χ1v) is 7.96. The van der Waals surface area contributed by atoms with E-state index in [1.807, 2.05) is 0 Å². The van der Waals surface area contributed by atoms with E-state index in [0.29, 0.717) is 0 Å². The highest BCUT2D eigenvalue weighted by molar-refractivity contribution is 5.92. The predicted molar refractivity (Wildman–Crippen MR) is 99.1 cm³/mol. The largest absolute Gasteiger partial charge is 0.507 e. The molecule has 2 aromatic carbocycles. The summed E-state index contributed by atoms with van der Waals surface area (Å²) in [5, 5.41) is 30.6. The molecule has 0 aliphatic carbocycles. The summed E-state index contributed by atoms with van der Waals surface area (Å²) in [6.45, 7) is 0. The SMILES string of the molecule is COc1cc(O)c(-c2oc3cc(OC)c(OC)c(O)c3c(=O)c2OC)cc1O. The van der Waals surface area contributed by atoms with Gasteiger partial charge < -0.3 is 38.7 Å². The highest BCUT2D eigenvalue weighted by Gasteiger charge is 2.26. The van der Waals surface area contributed by atoms with Crippen LogP contribution >= 0.6 is 0 Å². The van der Waals surface area contributed by atoms with Crippen LogP contribution in [0.4, 0.5) is 0 Å². The minimum absolute atomic E-state index is 0.0107. The lowest BCUT2D eigenvalue weighted by molar-refractivity contribution is 0.334. The van der Waals surface area contributed by atoms with Crippen LogP contribution in [0.25, 0.3) is 22.3 Å². The summed E-state index contributed by atoms with van der Waals surface area (Å²) < 4.78 is 26.1. The van der Waals surface area contributed by atoms with Crippen molar-refractivity contribution in [1.82, 2.24) is 0 Å². The minimum atomic E-state index is -0.702. The number of benzene rings is 2. The van der Waals surface area contributed by atoms with Gasteiger partial charge in [0.1, 0.15) is 16.7 Å². The Balaban J connectivity index is 2.43. The molecule has 3 aromatic rings. The molecule has 0 radical (unpaired) electrons. The molecule has 9 nitrogen and oxygen atoms in total. The van der Waals surface area contributed by atoms with Crippen molar-refractivity contribution in [1.29, 1.82) is 0 Å². The maximum absolute atomic E-state index is 13.0. The van der Waals surface area contributed by atoms with Crippen LogP contribution < -0.4 is 24.4 Å². The number of ether oxygens (including phenoxy) is 4. The molecule has 0 atom stereocenters. The first-order valence-electron chi connectivity index (χ1n) is 7.96. The van der Waals surface area contributed by atoms with Crippen LogP contribution in [0.3, 0.4) is 0 Å². The van der Waals surface area contributed by atoms with Gasteiger partial charge in [0.25, 0.3) is 0 Å². The molecule has 3 N–H and O–H groups in total. The number of fused-ring (bicyclic) bond motifs is 1. The van der Waals surface area contributed by atoms with Crippen LogP contribution in [0.15, 0.2) is 27.4 Å². The van der Waals surface area contributed by atoms with Crippen LogP contribution in [-0.4, -0.2) is 43.8 Å². The van der Waals surface area contributed by atoms with Gasteiger partial charge in [-0.2, -0.15) is 0 Å². The van der Waals surface area contributed by atoms with Crippen molar-refractivity contribution >= 4 is 11.0 Å². The van der Waals surface area contributed by atoms with Gasteiger partial charge in [-0.25, -0.2) is 0 Å². The van der Waals surface area contributed by atoms with E-state index in [-0.39, 0.29) is 56.8 Å². The van der Waals surface area contributed by atoms with E-state index in [1.165, 1.54) is 46.6 Å². The zero-order chi connectivity index (χ0) is 20.6. The Morgan fingerprint density at radius 1 is 0.786 bits per heavy atom. The number of methoxy groups -OCH3 is 4. The van der Waals surface area contributed by atoms with Crippen LogP contribution in [0, 0.1) is 0 Å². The van der Waals surface area contributed by atoms with Gasteiger partial charge in [0, 0.05) is 12.1 Å². The highest BCUT2D eigenvalue weighted by atomic mass is 16.5. The molecule has 1 aromatic heterocycles. The van der Waals surface area contributed by atoms with Gasteiger partial charge >= 0.3 is 0 Å². The third-order valence-corrected chi connectivity index (χ3v) is 4.21. The smallest absolute Gasteiger partial charge is 0.239 e. The third-order valence-electron chi connectivity index (χ3n) is 4.21. The maximum Gasteiger partial charge on any atom is 0.239 e. The molecule has 0 saturated heterocycles. The van der Waals surface area contributed by atoms with Crippen LogP contribution in [0.5, 0.6) is 40.2 Å². The second-order valence-corrected chi connectivity index (χ2v) is 5.67. The molecule has 0 spiro atoms. The number of aromatic hydroxyl groups is 3. The Morgan fingerprint density at radius 2 is 1.43 bits per heavy atom. The standard InChI is InChI=1S/C19H18O9/c1-24-11-6-9(20)8(5-10(11)21)17-19(27-4)16(23)14-12(28-17)7-13(25-2)18(26-3)15(14)22/h5-7,20-22H,1-4H3. The molecule has 0 aliphatic heterocycles. The van der Waals surface area contributed by atoms with Gasteiger partial charge in [-0.15, -0.1) is 0 Å². The molecule has 1 heterocycles. The maximum atomic E-state index is 13.0. The average molecular weight is 390 g/mol. The molecule has 0 unspecified atom stereocenters. The molecule has 0 bridgehead atoms. The molecule has 0 amide bonds. The fourth-order valence-corrected chi connectivity index (χ4v) is 2.89. The van der Waals surface area contributed by atoms with Crippen molar-refractivity contribution < 1.29 is 38.7 Å². The summed E-state index contributed by atoms with van der Waals surface area (Å²) in [4.78, 5) is 13.0. The van der Waals surface area contributed by atoms with Gasteiger partial charge in [-0.05, 0) is 6.07 Å². The van der Waals surface area contributed by atoms with Crippen LogP contribution in [0.1, 0.15) is 0 Å². The second-order valence-electron chi connectivity index (χ2n) is 5.67. The number of phenolic OH excluding ortho intramolecular Hbond substituents is 3. The van der Waals surface area contributed by atoms with Crippen molar-refractivity contribution in [3.63, 3.8) is 0 Å². The average Bonchev–Trinajstić information content (AvgIpc) is 2.68. The van der Waals surface area contributed by atoms with Gasteiger partial charge in [-0.3, -0.25) is 4.79 Å². The van der Waals surface area contributed by atoms with Crippen molar-refractivity contribution in [3.8, 4) is 51.6 Å². The highest BCUT2D eigenvalue weighted by Crippen LogP contribution is 2.46. The van der Waals surface area contributed by atoms with Gasteiger partial charge in [0.15, 0.2) is 28.8 Å². The first-order chi connectivity index (χ1) is 13.4. The summed E-state index contributed by atoms with van der Waals surface area (Å²) in [5.74, 6) is -1.38. The van der Waals surface area contributed by atoms with Crippen molar-refractivity contribution in [2.45, 2.75) is 0 Å². The van der Waals surface area contributed by atoms with E-state index in [2.05, 4.69) is 0 Å². The molecule has 3 rings (SSSR count). The molecular formula is C19H18O9. The lowest BCUT2D eigenvalue weighted by atomic mass is 10.1.